The summed E-state index contributed by atoms with van der Waals surface area (Å²) in [6.07, 6.45) is -1.57. The van der Waals surface area contributed by atoms with Crippen LogP contribution in [-0.2, 0) is 6.61 Å². The molecule has 4 rings (SSSR count). The molecule has 0 aliphatic carbocycles. The number of fused-ring (bicyclic) bond motifs is 1. The Kier molecular flexibility index (Phi) is 6.30. The van der Waals surface area contributed by atoms with E-state index in [0.29, 0.717) is 12.4 Å². The summed E-state index contributed by atoms with van der Waals surface area (Å²) >= 11 is 0. The van der Waals surface area contributed by atoms with Crippen molar-refractivity contribution in [3.63, 3.8) is 0 Å². The molecule has 0 fully saturated rings. The van der Waals surface area contributed by atoms with Crippen LogP contribution in [-0.4, -0.2) is 23.5 Å². The minimum atomic E-state index is -4.79. The maximum atomic E-state index is 12.2. The Bertz CT molecular complexity index is 1270. The normalized spacial score (nSPS) is 11.6. The summed E-state index contributed by atoms with van der Waals surface area (Å²) in [4.78, 5) is 15.3. The first-order chi connectivity index (χ1) is 15.9. The van der Waals surface area contributed by atoms with Gasteiger partial charge in [0.2, 0.25) is 0 Å². The van der Waals surface area contributed by atoms with Gasteiger partial charge in [0.25, 0.3) is 5.91 Å². The van der Waals surface area contributed by atoms with E-state index in [1.54, 1.807) is 6.20 Å². The highest BCUT2D eigenvalue weighted by atomic mass is 19.4. The lowest BCUT2D eigenvalue weighted by Gasteiger charge is -2.08. The molecule has 0 radical (unpaired) electrons. The quantitative estimate of drug-likeness (QED) is 0.290. The summed E-state index contributed by atoms with van der Waals surface area (Å²) < 4.78 is 46.2. The van der Waals surface area contributed by atoms with E-state index in [9.17, 15) is 18.0 Å². The van der Waals surface area contributed by atoms with Gasteiger partial charge in [-0.2, -0.15) is 5.10 Å². The number of aromatic nitrogens is 1. The van der Waals surface area contributed by atoms with Crippen molar-refractivity contribution >= 4 is 23.0 Å². The maximum Gasteiger partial charge on any atom is 0.573 e. The van der Waals surface area contributed by atoms with Crippen molar-refractivity contribution in [2.24, 2.45) is 5.10 Å². The molecule has 0 aliphatic rings. The number of rotatable bonds is 7. The highest BCUT2D eigenvalue weighted by Gasteiger charge is 2.31. The van der Waals surface area contributed by atoms with Crippen molar-refractivity contribution in [3.8, 4) is 11.5 Å². The number of amides is 1. The number of hydrazone groups is 1. The highest BCUT2D eigenvalue weighted by Crippen LogP contribution is 2.24. The molecular formula is C24H18F3N3O3. The predicted molar refractivity (Wildman–Crippen MR) is 117 cm³/mol. The lowest BCUT2D eigenvalue weighted by atomic mass is 10.2. The van der Waals surface area contributed by atoms with Gasteiger partial charge in [-0.25, -0.2) is 5.43 Å². The van der Waals surface area contributed by atoms with Crippen LogP contribution in [0, 0.1) is 0 Å². The fourth-order valence-corrected chi connectivity index (χ4v) is 3.10. The zero-order valence-corrected chi connectivity index (χ0v) is 17.1. The van der Waals surface area contributed by atoms with Gasteiger partial charge in [0.1, 0.15) is 18.1 Å². The average molecular weight is 453 g/mol. The first kappa shape index (κ1) is 21.9. The van der Waals surface area contributed by atoms with Gasteiger partial charge in [0, 0.05) is 34.3 Å². The third-order valence-electron chi connectivity index (χ3n) is 4.65. The van der Waals surface area contributed by atoms with E-state index in [0.717, 1.165) is 34.2 Å². The van der Waals surface area contributed by atoms with Gasteiger partial charge in [-0.3, -0.25) is 4.79 Å². The van der Waals surface area contributed by atoms with Crippen LogP contribution in [0.5, 0.6) is 11.5 Å². The van der Waals surface area contributed by atoms with Crippen LogP contribution in [0.2, 0.25) is 0 Å². The summed E-state index contributed by atoms with van der Waals surface area (Å²) in [5, 5.41) is 4.82. The van der Waals surface area contributed by atoms with Crippen molar-refractivity contribution in [2.45, 2.75) is 13.0 Å². The number of nitrogens with one attached hydrogen (secondary N) is 2. The Labute approximate surface area is 186 Å². The van der Waals surface area contributed by atoms with E-state index >= 15 is 0 Å². The van der Waals surface area contributed by atoms with E-state index in [-0.39, 0.29) is 5.56 Å². The topological polar surface area (TPSA) is 75.7 Å². The fourth-order valence-electron chi connectivity index (χ4n) is 3.10. The molecule has 9 heteroatoms. The summed E-state index contributed by atoms with van der Waals surface area (Å²) in [6, 6.07) is 20.0. The SMILES string of the molecule is O=C(N/N=C/c1c[nH]c2cc(OCc3ccccc3)ccc12)c1ccc(OC(F)(F)F)cc1. The second-order valence-electron chi connectivity index (χ2n) is 7.00. The number of benzene rings is 3. The Hall–Kier alpha value is -4.27. The molecule has 1 amide bonds. The van der Waals surface area contributed by atoms with Crippen molar-refractivity contribution in [3.05, 3.63) is 95.7 Å². The van der Waals surface area contributed by atoms with Gasteiger partial charge in [0.05, 0.1) is 6.21 Å². The van der Waals surface area contributed by atoms with Crippen molar-refractivity contribution in [1.29, 1.82) is 0 Å². The van der Waals surface area contributed by atoms with E-state index in [4.69, 9.17) is 4.74 Å². The number of carbonyl (C=O) groups excluding carboxylic acids is 1. The van der Waals surface area contributed by atoms with Gasteiger partial charge in [-0.15, -0.1) is 13.2 Å². The number of H-pyrrole nitrogens is 1. The molecule has 0 bridgehead atoms. The number of carbonyl (C=O) groups is 1. The third kappa shape index (κ3) is 5.91. The second-order valence-corrected chi connectivity index (χ2v) is 7.00. The minimum absolute atomic E-state index is 0.140. The smallest absolute Gasteiger partial charge is 0.489 e. The molecule has 6 nitrogen and oxygen atoms in total. The highest BCUT2D eigenvalue weighted by molar-refractivity contribution is 6.00. The molecule has 0 aliphatic heterocycles. The summed E-state index contributed by atoms with van der Waals surface area (Å²) in [7, 11) is 0. The molecule has 168 valence electrons. The average Bonchev–Trinajstić information content (AvgIpc) is 3.20. The van der Waals surface area contributed by atoms with Crippen LogP contribution in [0.25, 0.3) is 10.9 Å². The first-order valence-electron chi connectivity index (χ1n) is 9.84. The zero-order valence-electron chi connectivity index (χ0n) is 17.1. The molecule has 1 aromatic heterocycles. The molecule has 33 heavy (non-hydrogen) atoms. The molecule has 1 heterocycles. The largest absolute Gasteiger partial charge is 0.573 e. The number of nitrogens with zero attached hydrogens (tertiary/aromatic N) is 1. The predicted octanol–water partition coefficient (Wildman–Crippen LogP) is 5.41. The molecule has 0 saturated heterocycles. The Morgan fingerprint density at radius 1 is 1.00 bits per heavy atom. The van der Waals surface area contributed by atoms with Crippen molar-refractivity contribution in [1.82, 2.24) is 10.4 Å². The fraction of sp³-hybridized carbons (Fsp3) is 0.0833. The van der Waals surface area contributed by atoms with Crippen LogP contribution < -0.4 is 14.9 Å². The summed E-state index contributed by atoms with van der Waals surface area (Å²) in [6.45, 7) is 0.455. The third-order valence-corrected chi connectivity index (χ3v) is 4.65. The van der Waals surface area contributed by atoms with Gasteiger partial charge in [0.15, 0.2) is 0 Å². The number of alkyl halides is 3. The molecule has 3 aromatic carbocycles. The van der Waals surface area contributed by atoms with E-state index in [2.05, 4.69) is 20.2 Å². The van der Waals surface area contributed by atoms with Crippen LogP contribution in [0.3, 0.4) is 0 Å². The first-order valence-corrected chi connectivity index (χ1v) is 9.84. The van der Waals surface area contributed by atoms with Crippen molar-refractivity contribution in [2.75, 3.05) is 0 Å². The molecule has 0 unspecified atom stereocenters. The number of ether oxygens (including phenoxy) is 2. The molecule has 0 atom stereocenters. The van der Waals surface area contributed by atoms with Gasteiger partial charge >= 0.3 is 6.36 Å². The standard InChI is InChI=1S/C24H18F3N3O3/c25-24(26,27)33-19-8-6-17(7-9-19)23(31)30-29-14-18-13-28-22-12-20(10-11-21(18)22)32-15-16-4-2-1-3-5-16/h1-14,28H,15H2,(H,30,31)/b29-14+. The molecular weight excluding hydrogens is 435 g/mol. The maximum absolute atomic E-state index is 12.2. The van der Waals surface area contributed by atoms with Gasteiger partial charge in [-0.05, 0) is 42.0 Å². The van der Waals surface area contributed by atoms with E-state index in [1.165, 1.54) is 18.3 Å². The second kappa shape index (κ2) is 9.47. The molecule has 2 N–H and O–H groups in total. The minimum Gasteiger partial charge on any atom is -0.489 e. The van der Waals surface area contributed by atoms with E-state index in [1.807, 2.05) is 48.5 Å². The number of hydrogen-bond acceptors (Lipinski definition) is 4. The van der Waals surface area contributed by atoms with Gasteiger partial charge in [-0.1, -0.05) is 30.3 Å². The Balaban J connectivity index is 1.36. The van der Waals surface area contributed by atoms with Gasteiger partial charge < -0.3 is 14.5 Å². The molecule has 4 aromatic rings. The van der Waals surface area contributed by atoms with E-state index < -0.39 is 18.0 Å². The van der Waals surface area contributed by atoms with Crippen molar-refractivity contribution < 1.29 is 27.4 Å². The summed E-state index contributed by atoms with van der Waals surface area (Å²) in [5.41, 5.74) is 5.14. The number of halogens is 3. The van der Waals surface area contributed by atoms with Crippen LogP contribution in [0.4, 0.5) is 13.2 Å². The lowest BCUT2D eigenvalue weighted by molar-refractivity contribution is -0.274. The number of aromatic amines is 1. The lowest BCUT2D eigenvalue weighted by Crippen LogP contribution is -2.18. The number of hydrogen-bond donors (Lipinski definition) is 2. The molecule has 0 saturated carbocycles. The Morgan fingerprint density at radius 3 is 2.45 bits per heavy atom. The Morgan fingerprint density at radius 2 is 1.73 bits per heavy atom. The van der Waals surface area contributed by atoms with Crippen LogP contribution in [0.15, 0.2) is 84.1 Å². The molecule has 0 spiro atoms. The summed E-state index contributed by atoms with van der Waals surface area (Å²) in [5.74, 6) is -0.266. The monoisotopic (exact) mass is 453 g/mol. The van der Waals surface area contributed by atoms with Crippen LogP contribution >= 0.6 is 0 Å². The van der Waals surface area contributed by atoms with Crippen LogP contribution in [0.1, 0.15) is 21.5 Å². The zero-order chi connectivity index (χ0) is 23.3.